The van der Waals surface area contributed by atoms with Crippen LogP contribution in [0.15, 0.2) is 16.6 Å². The van der Waals surface area contributed by atoms with E-state index in [-0.39, 0.29) is 10.6 Å². The first-order valence-electron chi connectivity index (χ1n) is 6.12. The number of anilines is 1. The molecule has 0 aromatic heterocycles. The lowest BCUT2D eigenvalue weighted by molar-refractivity contribution is -0.385. The fourth-order valence-electron chi connectivity index (χ4n) is 2.13. The number of benzene rings is 1. The zero-order valence-corrected chi connectivity index (χ0v) is 12.2. The Kier molecular flexibility index (Phi) is 4.05. The van der Waals surface area contributed by atoms with E-state index in [4.69, 9.17) is 5.26 Å². The van der Waals surface area contributed by atoms with E-state index in [1.165, 1.54) is 0 Å². The smallest absolute Gasteiger partial charge is 0.273 e. The van der Waals surface area contributed by atoms with Gasteiger partial charge in [0.15, 0.2) is 0 Å². The Labute approximate surface area is 120 Å². The summed E-state index contributed by atoms with van der Waals surface area (Å²) in [6.07, 6.45) is 2.70. The molecule has 0 N–H and O–H groups in total. The van der Waals surface area contributed by atoms with E-state index >= 15 is 0 Å². The third kappa shape index (κ3) is 3.04. The van der Waals surface area contributed by atoms with Crippen molar-refractivity contribution in [2.24, 2.45) is 0 Å². The number of aryl methyl sites for hydroxylation is 1. The molecule has 19 heavy (non-hydrogen) atoms. The van der Waals surface area contributed by atoms with E-state index in [1.807, 2.05) is 6.07 Å². The minimum Gasteiger partial charge on any atom is -0.367 e. The van der Waals surface area contributed by atoms with Crippen LogP contribution in [0.3, 0.4) is 0 Å². The van der Waals surface area contributed by atoms with Crippen molar-refractivity contribution in [3.05, 3.63) is 32.3 Å². The van der Waals surface area contributed by atoms with Gasteiger partial charge in [-0.3, -0.25) is 10.1 Å². The molecule has 5 nitrogen and oxygen atoms in total. The molecule has 2 rings (SSSR count). The SMILES string of the molecule is Cc1cc(N(CCC#N)C2CC2)c(Br)cc1[N+](=O)[O-]. The van der Waals surface area contributed by atoms with Crippen molar-refractivity contribution in [2.75, 3.05) is 11.4 Å². The third-order valence-electron chi connectivity index (χ3n) is 3.22. The molecule has 1 aliphatic carbocycles. The van der Waals surface area contributed by atoms with Crippen molar-refractivity contribution < 1.29 is 4.92 Å². The summed E-state index contributed by atoms with van der Waals surface area (Å²) in [4.78, 5) is 12.7. The van der Waals surface area contributed by atoms with Gasteiger partial charge in [-0.05, 0) is 41.8 Å². The zero-order chi connectivity index (χ0) is 14.0. The molecule has 0 heterocycles. The quantitative estimate of drug-likeness (QED) is 0.613. The topological polar surface area (TPSA) is 70.2 Å². The van der Waals surface area contributed by atoms with Crippen molar-refractivity contribution >= 4 is 27.3 Å². The Balaban J connectivity index is 2.35. The molecular formula is C13H14BrN3O2. The first kappa shape index (κ1) is 13.8. The fourth-order valence-corrected chi connectivity index (χ4v) is 2.69. The molecule has 0 atom stereocenters. The van der Waals surface area contributed by atoms with Crippen LogP contribution in [0.25, 0.3) is 0 Å². The van der Waals surface area contributed by atoms with E-state index < -0.39 is 0 Å². The number of rotatable bonds is 5. The first-order valence-corrected chi connectivity index (χ1v) is 6.92. The number of hydrogen-bond donors (Lipinski definition) is 0. The Morgan fingerprint density at radius 3 is 2.79 bits per heavy atom. The number of nitrogens with zero attached hydrogens (tertiary/aromatic N) is 3. The van der Waals surface area contributed by atoms with Crippen molar-refractivity contribution in [2.45, 2.75) is 32.2 Å². The van der Waals surface area contributed by atoms with E-state index in [1.54, 1.807) is 13.0 Å². The van der Waals surface area contributed by atoms with Crippen LogP contribution in [0, 0.1) is 28.4 Å². The number of halogens is 1. The largest absolute Gasteiger partial charge is 0.367 e. The van der Waals surface area contributed by atoms with Gasteiger partial charge in [0.1, 0.15) is 0 Å². The van der Waals surface area contributed by atoms with Gasteiger partial charge in [0.25, 0.3) is 5.69 Å². The predicted molar refractivity (Wildman–Crippen MR) is 76.1 cm³/mol. The van der Waals surface area contributed by atoms with Gasteiger partial charge in [-0.2, -0.15) is 5.26 Å². The highest BCUT2D eigenvalue weighted by molar-refractivity contribution is 9.10. The van der Waals surface area contributed by atoms with Gasteiger partial charge in [-0.15, -0.1) is 0 Å². The van der Waals surface area contributed by atoms with Crippen LogP contribution in [0.5, 0.6) is 0 Å². The van der Waals surface area contributed by atoms with Gasteiger partial charge >= 0.3 is 0 Å². The fraction of sp³-hybridized carbons (Fsp3) is 0.462. The highest BCUT2D eigenvalue weighted by Gasteiger charge is 2.30. The lowest BCUT2D eigenvalue weighted by atomic mass is 10.1. The molecule has 0 unspecified atom stereocenters. The van der Waals surface area contributed by atoms with Gasteiger partial charge in [-0.1, -0.05) is 0 Å². The Hall–Kier alpha value is -1.61. The second kappa shape index (κ2) is 5.57. The van der Waals surface area contributed by atoms with E-state index in [2.05, 4.69) is 26.9 Å². The summed E-state index contributed by atoms with van der Waals surface area (Å²) in [7, 11) is 0. The molecule has 1 aromatic rings. The monoisotopic (exact) mass is 323 g/mol. The zero-order valence-electron chi connectivity index (χ0n) is 10.6. The highest BCUT2D eigenvalue weighted by Crippen LogP contribution is 2.38. The minimum absolute atomic E-state index is 0.117. The standard InChI is InChI=1S/C13H14BrN3O2/c1-9-7-13(11(14)8-12(9)17(18)19)16(6-2-5-15)10-3-4-10/h7-8,10H,2-4,6H2,1H3. The maximum atomic E-state index is 10.9. The molecule has 100 valence electrons. The molecule has 0 amide bonds. The second-order valence-electron chi connectivity index (χ2n) is 4.68. The Morgan fingerprint density at radius 1 is 1.58 bits per heavy atom. The molecule has 1 aliphatic rings. The predicted octanol–water partition coefficient (Wildman–Crippen LogP) is 3.55. The van der Waals surface area contributed by atoms with Crippen molar-refractivity contribution in [1.29, 1.82) is 5.26 Å². The summed E-state index contributed by atoms with van der Waals surface area (Å²) in [6, 6.07) is 5.99. The number of hydrogen-bond acceptors (Lipinski definition) is 4. The van der Waals surface area contributed by atoms with Crippen LogP contribution in [0.4, 0.5) is 11.4 Å². The van der Waals surface area contributed by atoms with Crippen LogP contribution >= 0.6 is 15.9 Å². The van der Waals surface area contributed by atoms with Gasteiger partial charge in [0, 0.05) is 28.7 Å². The average molecular weight is 324 g/mol. The maximum Gasteiger partial charge on any atom is 0.273 e. The van der Waals surface area contributed by atoms with Crippen molar-refractivity contribution in [3.63, 3.8) is 0 Å². The van der Waals surface area contributed by atoms with Crippen LogP contribution in [-0.4, -0.2) is 17.5 Å². The van der Waals surface area contributed by atoms with E-state index in [9.17, 15) is 10.1 Å². The molecule has 0 radical (unpaired) electrons. The van der Waals surface area contributed by atoms with Crippen LogP contribution in [0.2, 0.25) is 0 Å². The second-order valence-corrected chi connectivity index (χ2v) is 5.53. The van der Waals surface area contributed by atoms with E-state index in [0.717, 1.165) is 23.0 Å². The average Bonchev–Trinajstić information content (AvgIpc) is 3.17. The summed E-state index contributed by atoms with van der Waals surface area (Å²) in [6.45, 7) is 2.40. The van der Waals surface area contributed by atoms with Crippen molar-refractivity contribution in [1.82, 2.24) is 0 Å². The lowest BCUT2D eigenvalue weighted by Gasteiger charge is -2.25. The van der Waals surface area contributed by atoms with Crippen LogP contribution < -0.4 is 4.90 Å². The molecule has 6 heteroatoms. The van der Waals surface area contributed by atoms with Gasteiger partial charge in [0.05, 0.1) is 23.1 Å². The number of nitro benzene ring substituents is 1. The van der Waals surface area contributed by atoms with Gasteiger partial charge in [-0.25, -0.2) is 0 Å². The molecular weight excluding hydrogens is 310 g/mol. The number of nitro groups is 1. The molecule has 1 saturated carbocycles. The van der Waals surface area contributed by atoms with Crippen molar-refractivity contribution in [3.8, 4) is 6.07 Å². The maximum absolute atomic E-state index is 10.9. The third-order valence-corrected chi connectivity index (χ3v) is 3.86. The minimum atomic E-state index is -0.374. The Morgan fingerprint density at radius 2 is 2.26 bits per heavy atom. The van der Waals surface area contributed by atoms with E-state index in [0.29, 0.717) is 24.6 Å². The molecule has 0 saturated heterocycles. The van der Waals surface area contributed by atoms with Gasteiger partial charge in [0.2, 0.25) is 0 Å². The van der Waals surface area contributed by atoms with Gasteiger partial charge < -0.3 is 4.90 Å². The molecule has 1 fully saturated rings. The summed E-state index contributed by atoms with van der Waals surface area (Å²) >= 11 is 3.41. The highest BCUT2D eigenvalue weighted by atomic mass is 79.9. The normalized spacial score (nSPS) is 13.9. The summed E-state index contributed by atoms with van der Waals surface area (Å²) in [5.41, 5.74) is 1.71. The summed E-state index contributed by atoms with van der Waals surface area (Å²) in [5.74, 6) is 0. The summed E-state index contributed by atoms with van der Waals surface area (Å²) in [5, 5.41) is 19.6. The summed E-state index contributed by atoms with van der Waals surface area (Å²) < 4.78 is 0.717. The first-order chi connectivity index (χ1) is 9.04. The molecule has 0 aliphatic heterocycles. The van der Waals surface area contributed by atoms with Crippen LogP contribution in [0.1, 0.15) is 24.8 Å². The number of nitriles is 1. The molecule has 0 spiro atoms. The Bertz CT molecular complexity index is 550. The molecule has 0 bridgehead atoms. The molecule has 1 aromatic carbocycles. The van der Waals surface area contributed by atoms with Crippen LogP contribution in [-0.2, 0) is 0 Å². The lowest BCUT2D eigenvalue weighted by Crippen LogP contribution is -2.27.